The Morgan fingerprint density at radius 2 is 1.60 bits per heavy atom. The van der Waals surface area contributed by atoms with E-state index in [1.165, 1.54) is 0 Å². The molecule has 4 atom stereocenters. The van der Waals surface area contributed by atoms with Gasteiger partial charge in [-0.1, -0.05) is 13.8 Å². The first-order valence-electron chi connectivity index (χ1n) is 5.96. The van der Waals surface area contributed by atoms with E-state index in [4.69, 9.17) is 10.2 Å². The van der Waals surface area contributed by atoms with E-state index in [2.05, 4.69) is 0 Å². The van der Waals surface area contributed by atoms with Gasteiger partial charge in [0.05, 0.1) is 0 Å². The van der Waals surface area contributed by atoms with Crippen LogP contribution in [-0.2, 0) is 9.59 Å². The van der Waals surface area contributed by atoms with Gasteiger partial charge in [-0.15, -0.1) is 0 Å². The van der Waals surface area contributed by atoms with Gasteiger partial charge < -0.3 is 10.2 Å². The average molecular weight is 298 g/mol. The van der Waals surface area contributed by atoms with Crippen molar-refractivity contribution < 1.29 is 37.4 Å². The van der Waals surface area contributed by atoms with Crippen molar-refractivity contribution in [1.82, 2.24) is 0 Å². The van der Waals surface area contributed by atoms with E-state index >= 15 is 0 Å². The number of carbonyl (C=O) groups is 2. The zero-order chi connectivity index (χ0) is 15.9. The highest BCUT2D eigenvalue weighted by Gasteiger charge is 2.68. The quantitative estimate of drug-likeness (QED) is 0.783. The largest absolute Gasteiger partial charge is 0.481 e. The fourth-order valence-corrected chi connectivity index (χ4v) is 2.69. The molecule has 1 aliphatic carbocycles. The van der Waals surface area contributed by atoms with Gasteiger partial charge in [0.15, 0.2) is 17.3 Å². The molecule has 0 aromatic heterocycles. The van der Waals surface area contributed by atoms with Crippen LogP contribution >= 0.6 is 0 Å². The first-order chi connectivity index (χ1) is 9.07. The smallest absolute Gasteiger partial charge is 0.316 e. The van der Waals surface area contributed by atoms with Crippen molar-refractivity contribution in [3.05, 3.63) is 11.7 Å². The molecular weight excluding hydrogens is 284 g/mol. The minimum absolute atomic E-state index is 0.784. The van der Waals surface area contributed by atoms with Crippen LogP contribution in [0.1, 0.15) is 26.7 Å². The average Bonchev–Trinajstić information content (AvgIpc) is 2.35. The van der Waals surface area contributed by atoms with Crippen molar-refractivity contribution >= 4 is 11.9 Å². The lowest BCUT2D eigenvalue weighted by molar-refractivity contribution is -0.172. The van der Waals surface area contributed by atoms with Crippen LogP contribution in [0.15, 0.2) is 11.7 Å². The van der Waals surface area contributed by atoms with Crippen molar-refractivity contribution in [2.75, 3.05) is 0 Å². The fraction of sp³-hybridized carbons (Fsp3) is 0.667. The van der Waals surface area contributed by atoms with E-state index < -0.39 is 59.6 Å². The molecule has 2 N–H and O–H groups in total. The molecule has 4 nitrogen and oxygen atoms in total. The zero-order valence-corrected chi connectivity index (χ0v) is 10.8. The molecule has 0 saturated carbocycles. The van der Waals surface area contributed by atoms with Crippen molar-refractivity contribution in [3.8, 4) is 0 Å². The third-order valence-corrected chi connectivity index (χ3v) is 3.80. The molecule has 20 heavy (non-hydrogen) atoms. The van der Waals surface area contributed by atoms with Crippen LogP contribution in [0.25, 0.3) is 0 Å². The van der Waals surface area contributed by atoms with Crippen LogP contribution in [-0.4, -0.2) is 33.5 Å². The standard InChI is InChI=1S/C12H14F4O4/c1-3-11(15)5(9(17)18)6(13)8(14)12(16,4-2)7(11)10(19)20/h5,7H,3-4H2,1-2H3,(H,17,18)(H,19,20). The van der Waals surface area contributed by atoms with Crippen LogP contribution in [0, 0.1) is 11.8 Å². The van der Waals surface area contributed by atoms with Crippen molar-refractivity contribution in [2.24, 2.45) is 11.8 Å². The molecule has 1 aliphatic rings. The highest BCUT2D eigenvalue weighted by Crippen LogP contribution is 2.55. The molecule has 114 valence electrons. The summed E-state index contributed by atoms with van der Waals surface area (Å²) < 4.78 is 56.8. The first-order valence-corrected chi connectivity index (χ1v) is 5.96. The Labute approximate surface area is 112 Å². The fourth-order valence-electron chi connectivity index (χ4n) is 2.69. The van der Waals surface area contributed by atoms with Crippen molar-refractivity contribution in [2.45, 2.75) is 38.0 Å². The molecule has 0 aromatic carbocycles. The number of allylic oxidation sites excluding steroid dienone is 1. The summed E-state index contributed by atoms with van der Waals surface area (Å²) >= 11 is 0. The molecule has 0 heterocycles. The molecule has 0 fully saturated rings. The summed E-state index contributed by atoms with van der Waals surface area (Å²) in [6.45, 7) is 2.08. The van der Waals surface area contributed by atoms with Gasteiger partial charge in [0.1, 0.15) is 17.5 Å². The number of hydrogen-bond donors (Lipinski definition) is 2. The molecule has 1 rings (SSSR count). The van der Waals surface area contributed by atoms with Crippen molar-refractivity contribution in [1.29, 1.82) is 0 Å². The van der Waals surface area contributed by atoms with Gasteiger partial charge >= 0.3 is 11.9 Å². The van der Waals surface area contributed by atoms with Crippen LogP contribution in [0.2, 0.25) is 0 Å². The molecule has 4 unspecified atom stereocenters. The summed E-state index contributed by atoms with van der Waals surface area (Å²) in [6, 6.07) is 0. The summed E-state index contributed by atoms with van der Waals surface area (Å²) in [4.78, 5) is 22.1. The summed E-state index contributed by atoms with van der Waals surface area (Å²) in [5.41, 5.74) is -6.67. The van der Waals surface area contributed by atoms with Crippen molar-refractivity contribution in [3.63, 3.8) is 0 Å². The van der Waals surface area contributed by atoms with Crippen LogP contribution in [0.4, 0.5) is 17.6 Å². The highest BCUT2D eigenvalue weighted by atomic mass is 19.2. The van der Waals surface area contributed by atoms with Gasteiger partial charge in [-0.05, 0) is 12.8 Å². The number of rotatable bonds is 4. The van der Waals surface area contributed by atoms with Gasteiger partial charge in [0.2, 0.25) is 0 Å². The second-order valence-corrected chi connectivity index (χ2v) is 4.70. The van der Waals surface area contributed by atoms with Gasteiger partial charge in [-0.25, -0.2) is 17.6 Å². The SMILES string of the molecule is CCC1(F)C(F)=C(F)C(C(=O)O)C(F)(CC)C1C(=O)O. The molecule has 8 heteroatoms. The zero-order valence-electron chi connectivity index (χ0n) is 10.8. The molecule has 0 aromatic rings. The third kappa shape index (κ3) is 1.97. The lowest BCUT2D eigenvalue weighted by Crippen LogP contribution is -2.60. The minimum atomic E-state index is -3.41. The second-order valence-electron chi connectivity index (χ2n) is 4.70. The molecule has 0 aliphatic heterocycles. The lowest BCUT2D eigenvalue weighted by atomic mass is 9.63. The first kappa shape index (κ1) is 16.5. The predicted molar refractivity (Wildman–Crippen MR) is 59.8 cm³/mol. The van der Waals surface area contributed by atoms with E-state index in [1.807, 2.05) is 0 Å². The molecule has 0 bridgehead atoms. The minimum Gasteiger partial charge on any atom is -0.481 e. The Bertz CT molecular complexity index is 478. The lowest BCUT2D eigenvalue weighted by Gasteiger charge is -2.44. The molecule has 0 saturated heterocycles. The number of halogens is 4. The Balaban J connectivity index is 3.71. The molecular formula is C12H14F4O4. The van der Waals surface area contributed by atoms with Gasteiger partial charge in [0.25, 0.3) is 0 Å². The number of hydrogen-bond acceptors (Lipinski definition) is 2. The van der Waals surface area contributed by atoms with Crippen LogP contribution < -0.4 is 0 Å². The maximum Gasteiger partial charge on any atom is 0.316 e. The topological polar surface area (TPSA) is 74.6 Å². The Morgan fingerprint density at radius 1 is 1.10 bits per heavy atom. The second kappa shape index (κ2) is 5.06. The monoisotopic (exact) mass is 298 g/mol. The predicted octanol–water partition coefficient (Wildman–Crippen LogP) is 2.79. The summed E-state index contributed by atoms with van der Waals surface area (Å²) in [7, 11) is 0. The van der Waals surface area contributed by atoms with E-state index in [1.54, 1.807) is 0 Å². The number of carboxylic acid groups (broad SMARTS) is 2. The molecule has 0 spiro atoms. The Hall–Kier alpha value is -1.60. The number of alkyl halides is 2. The van der Waals surface area contributed by atoms with E-state index in [-0.39, 0.29) is 0 Å². The van der Waals surface area contributed by atoms with E-state index in [0.717, 1.165) is 13.8 Å². The van der Waals surface area contributed by atoms with Gasteiger partial charge in [-0.2, -0.15) is 0 Å². The highest BCUT2D eigenvalue weighted by molar-refractivity contribution is 5.81. The number of aliphatic carboxylic acids is 2. The maximum atomic E-state index is 14.8. The molecule has 0 radical (unpaired) electrons. The molecule has 0 amide bonds. The van der Waals surface area contributed by atoms with E-state index in [9.17, 15) is 27.2 Å². The summed E-state index contributed by atoms with van der Waals surface area (Å²) in [6.07, 6.45) is -1.62. The normalized spacial score (nSPS) is 37.9. The Kier molecular flexibility index (Phi) is 4.17. The third-order valence-electron chi connectivity index (χ3n) is 3.80. The van der Waals surface area contributed by atoms with Crippen LogP contribution in [0.3, 0.4) is 0 Å². The number of carboxylic acids is 2. The van der Waals surface area contributed by atoms with Gasteiger partial charge in [-0.3, -0.25) is 9.59 Å². The maximum absolute atomic E-state index is 14.8. The summed E-state index contributed by atoms with van der Waals surface area (Å²) in [5.74, 6) is -13.7. The van der Waals surface area contributed by atoms with E-state index in [0.29, 0.717) is 0 Å². The summed E-state index contributed by atoms with van der Waals surface area (Å²) in [5, 5.41) is 17.8. The van der Waals surface area contributed by atoms with Gasteiger partial charge in [0, 0.05) is 0 Å². The Morgan fingerprint density at radius 3 is 1.90 bits per heavy atom. The van der Waals surface area contributed by atoms with Crippen LogP contribution in [0.5, 0.6) is 0 Å².